The Kier molecular flexibility index (Phi) is 11.1. The minimum atomic E-state index is -0.682. The van der Waals surface area contributed by atoms with E-state index in [-0.39, 0.29) is 0 Å². The van der Waals surface area contributed by atoms with E-state index in [4.69, 9.17) is 5.11 Å². The number of hydrogen-bond donors (Lipinski definition) is 1. The first-order valence-electron chi connectivity index (χ1n) is 7.03. The lowest BCUT2D eigenvalue weighted by atomic mass is 9.87. The summed E-state index contributed by atoms with van der Waals surface area (Å²) in [6.07, 6.45) is 13.9. The van der Waals surface area contributed by atoms with Gasteiger partial charge in [0, 0.05) is 6.42 Å². The van der Waals surface area contributed by atoms with Crippen molar-refractivity contribution in [1.82, 2.24) is 0 Å². The van der Waals surface area contributed by atoms with Crippen LogP contribution < -0.4 is 0 Å². The average Bonchev–Trinajstić information content (AvgIpc) is 2.32. The van der Waals surface area contributed by atoms with Crippen LogP contribution in [0.3, 0.4) is 0 Å². The Labute approximate surface area is 106 Å². The van der Waals surface area contributed by atoms with Crippen LogP contribution in [0.4, 0.5) is 0 Å². The van der Waals surface area contributed by atoms with Gasteiger partial charge in [-0.3, -0.25) is 4.79 Å². The maximum atomic E-state index is 9.87. The Bertz CT molecular complexity index is 193. The summed E-state index contributed by atoms with van der Waals surface area (Å²) in [5.41, 5.74) is 0. The molecule has 0 saturated heterocycles. The summed E-state index contributed by atoms with van der Waals surface area (Å²) in [7, 11) is 0. The number of aliphatic carboxylic acids is 1. The highest BCUT2D eigenvalue weighted by Crippen LogP contribution is 2.25. The number of hydrogen-bond acceptors (Lipinski definition) is 1. The van der Waals surface area contributed by atoms with E-state index in [0.717, 1.165) is 25.2 Å². The van der Waals surface area contributed by atoms with E-state index in [1.54, 1.807) is 0 Å². The van der Waals surface area contributed by atoms with Gasteiger partial charge in [-0.2, -0.15) is 0 Å². The molecule has 0 aromatic carbocycles. The van der Waals surface area contributed by atoms with Crippen LogP contribution in [0.1, 0.15) is 71.1 Å². The van der Waals surface area contributed by atoms with Crippen LogP contribution in [0.2, 0.25) is 0 Å². The molecule has 1 aliphatic rings. The number of unbranched alkanes of at least 4 members (excludes halogenated alkanes) is 2. The van der Waals surface area contributed by atoms with Gasteiger partial charge in [-0.25, -0.2) is 0 Å². The quantitative estimate of drug-likeness (QED) is 0.535. The van der Waals surface area contributed by atoms with Gasteiger partial charge in [0.05, 0.1) is 0 Å². The standard InChI is InChI=1S/C9H16.C6H12O2/c1-2-6-9-7-4-3-5-8-9;1-2-3-4-5-6(7)8/h2,9H,1,3-8H2;2-5H2,1H3,(H,7,8). The fourth-order valence-corrected chi connectivity index (χ4v) is 2.18. The maximum Gasteiger partial charge on any atom is 0.303 e. The smallest absolute Gasteiger partial charge is 0.303 e. The van der Waals surface area contributed by atoms with Gasteiger partial charge in [-0.15, -0.1) is 6.58 Å². The molecule has 0 aromatic heterocycles. The Hall–Kier alpha value is -0.790. The molecular formula is C15H28O2. The van der Waals surface area contributed by atoms with Crippen LogP contribution in [0, 0.1) is 5.92 Å². The predicted molar refractivity (Wildman–Crippen MR) is 73.2 cm³/mol. The van der Waals surface area contributed by atoms with Crippen LogP contribution in [0.15, 0.2) is 12.7 Å². The molecule has 1 N–H and O–H groups in total. The fourth-order valence-electron chi connectivity index (χ4n) is 2.18. The van der Waals surface area contributed by atoms with E-state index < -0.39 is 5.97 Å². The summed E-state index contributed by atoms with van der Waals surface area (Å²) >= 11 is 0. The lowest BCUT2D eigenvalue weighted by Crippen LogP contribution is -2.04. The van der Waals surface area contributed by atoms with Crippen molar-refractivity contribution in [3.63, 3.8) is 0 Å². The zero-order valence-corrected chi connectivity index (χ0v) is 11.3. The van der Waals surface area contributed by atoms with Crippen molar-refractivity contribution in [3.05, 3.63) is 12.7 Å². The third-order valence-electron chi connectivity index (χ3n) is 3.22. The second kappa shape index (κ2) is 11.7. The van der Waals surface area contributed by atoms with E-state index in [0.29, 0.717) is 6.42 Å². The van der Waals surface area contributed by atoms with E-state index in [2.05, 4.69) is 19.6 Å². The SMILES string of the molecule is C=CCC1CCCCC1.CCCCCC(=O)O. The van der Waals surface area contributed by atoms with Crippen molar-refractivity contribution < 1.29 is 9.90 Å². The third kappa shape index (κ3) is 11.5. The highest BCUT2D eigenvalue weighted by atomic mass is 16.4. The molecule has 0 spiro atoms. The minimum absolute atomic E-state index is 0.327. The Balaban J connectivity index is 0.000000304. The first-order chi connectivity index (χ1) is 8.20. The summed E-state index contributed by atoms with van der Waals surface area (Å²) in [6, 6.07) is 0. The highest BCUT2D eigenvalue weighted by Gasteiger charge is 2.10. The summed E-state index contributed by atoms with van der Waals surface area (Å²) < 4.78 is 0. The monoisotopic (exact) mass is 240 g/mol. The third-order valence-corrected chi connectivity index (χ3v) is 3.22. The number of carboxylic acid groups (broad SMARTS) is 1. The number of allylic oxidation sites excluding steroid dienone is 1. The molecule has 1 saturated carbocycles. The van der Waals surface area contributed by atoms with Crippen molar-refractivity contribution >= 4 is 5.97 Å². The molecule has 1 rings (SSSR count). The van der Waals surface area contributed by atoms with Crippen molar-refractivity contribution in [2.24, 2.45) is 5.92 Å². The number of rotatable bonds is 6. The lowest BCUT2D eigenvalue weighted by Gasteiger charge is -2.19. The fraction of sp³-hybridized carbons (Fsp3) is 0.800. The molecule has 0 atom stereocenters. The predicted octanol–water partition coefficient (Wildman–Crippen LogP) is 4.79. The van der Waals surface area contributed by atoms with Gasteiger partial charge in [0.1, 0.15) is 0 Å². The van der Waals surface area contributed by atoms with E-state index in [9.17, 15) is 4.79 Å². The molecule has 0 aromatic rings. The van der Waals surface area contributed by atoms with Gasteiger partial charge in [-0.05, 0) is 18.8 Å². The normalized spacial score (nSPS) is 15.8. The van der Waals surface area contributed by atoms with Crippen LogP contribution in [-0.2, 0) is 4.79 Å². The molecule has 0 unspecified atom stereocenters. The Morgan fingerprint density at radius 1 is 1.29 bits per heavy atom. The molecule has 1 fully saturated rings. The molecule has 1 aliphatic carbocycles. The summed E-state index contributed by atoms with van der Waals surface area (Å²) in [5.74, 6) is 0.301. The van der Waals surface area contributed by atoms with Crippen molar-refractivity contribution in [1.29, 1.82) is 0 Å². The molecule has 0 heterocycles. The number of carboxylic acids is 1. The van der Waals surface area contributed by atoms with Crippen LogP contribution in [-0.4, -0.2) is 11.1 Å². The van der Waals surface area contributed by atoms with Gasteiger partial charge in [-0.1, -0.05) is 57.9 Å². The second-order valence-electron chi connectivity index (χ2n) is 4.88. The van der Waals surface area contributed by atoms with Crippen molar-refractivity contribution in [2.75, 3.05) is 0 Å². The van der Waals surface area contributed by atoms with Crippen molar-refractivity contribution in [3.8, 4) is 0 Å². The molecule has 0 bridgehead atoms. The van der Waals surface area contributed by atoms with E-state index >= 15 is 0 Å². The van der Waals surface area contributed by atoms with E-state index in [1.807, 2.05) is 0 Å². The van der Waals surface area contributed by atoms with Gasteiger partial charge in [0.2, 0.25) is 0 Å². The summed E-state index contributed by atoms with van der Waals surface area (Å²) in [4.78, 5) is 9.87. The molecule has 17 heavy (non-hydrogen) atoms. The zero-order chi connectivity index (χ0) is 12.9. The van der Waals surface area contributed by atoms with Crippen LogP contribution in [0.5, 0.6) is 0 Å². The minimum Gasteiger partial charge on any atom is -0.481 e. The first-order valence-corrected chi connectivity index (χ1v) is 7.03. The van der Waals surface area contributed by atoms with Crippen molar-refractivity contribution in [2.45, 2.75) is 71.1 Å². The molecule has 2 heteroatoms. The molecule has 0 amide bonds. The second-order valence-corrected chi connectivity index (χ2v) is 4.88. The van der Waals surface area contributed by atoms with Gasteiger partial charge in [0.15, 0.2) is 0 Å². The zero-order valence-electron chi connectivity index (χ0n) is 11.3. The Morgan fingerprint density at radius 2 is 1.94 bits per heavy atom. The molecule has 0 radical (unpaired) electrons. The molecule has 0 aliphatic heterocycles. The molecular weight excluding hydrogens is 212 g/mol. The van der Waals surface area contributed by atoms with Gasteiger partial charge < -0.3 is 5.11 Å². The van der Waals surface area contributed by atoms with E-state index in [1.165, 1.54) is 38.5 Å². The Morgan fingerprint density at radius 3 is 2.41 bits per heavy atom. The molecule has 2 nitrogen and oxygen atoms in total. The van der Waals surface area contributed by atoms with Crippen LogP contribution >= 0.6 is 0 Å². The largest absolute Gasteiger partial charge is 0.481 e. The van der Waals surface area contributed by atoms with Crippen LogP contribution in [0.25, 0.3) is 0 Å². The summed E-state index contributed by atoms with van der Waals surface area (Å²) in [6.45, 7) is 5.81. The maximum absolute atomic E-state index is 9.87. The lowest BCUT2D eigenvalue weighted by molar-refractivity contribution is -0.137. The topological polar surface area (TPSA) is 37.3 Å². The number of carbonyl (C=O) groups is 1. The van der Waals surface area contributed by atoms with Gasteiger partial charge >= 0.3 is 5.97 Å². The molecule has 100 valence electrons. The first kappa shape index (κ1) is 16.2. The highest BCUT2D eigenvalue weighted by molar-refractivity contribution is 5.66. The average molecular weight is 240 g/mol. The van der Waals surface area contributed by atoms with Gasteiger partial charge in [0.25, 0.3) is 0 Å². The summed E-state index contributed by atoms with van der Waals surface area (Å²) in [5, 5.41) is 8.14.